The number of hydrogen-bond acceptors (Lipinski definition) is 2. The second-order valence-electron chi connectivity index (χ2n) is 7.79. The summed E-state index contributed by atoms with van der Waals surface area (Å²) in [7, 11) is 0. The summed E-state index contributed by atoms with van der Waals surface area (Å²) in [5.41, 5.74) is 3.90. The van der Waals surface area contributed by atoms with Gasteiger partial charge in [0, 0.05) is 31.6 Å². The second-order valence-corrected chi connectivity index (χ2v) is 7.79. The minimum Gasteiger partial charge on any atom is -0.334 e. The average Bonchev–Trinajstić information content (AvgIpc) is 3.01. The largest absolute Gasteiger partial charge is 0.334 e. The topological polar surface area (TPSA) is 23.6 Å². The highest BCUT2D eigenvalue weighted by molar-refractivity contribution is 5.80. The van der Waals surface area contributed by atoms with E-state index >= 15 is 0 Å². The van der Waals surface area contributed by atoms with Gasteiger partial charge in [-0.3, -0.25) is 9.69 Å². The zero-order valence-electron chi connectivity index (χ0n) is 15.0. The quantitative estimate of drug-likeness (QED) is 0.830. The van der Waals surface area contributed by atoms with Crippen molar-refractivity contribution in [2.24, 2.45) is 5.92 Å². The summed E-state index contributed by atoms with van der Waals surface area (Å²) in [6, 6.07) is 7.46. The van der Waals surface area contributed by atoms with Crippen LogP contribution in [-0.2, 0) is 11.3 Å². The molecule has 0 aromatic heterocycles. The maximum absolute atomic E-state index is 12.5. The summed E-state index contributed by atoms with van der Waals surface area (Å²) in [5.74, 6) is 1.07. The van der Waals surface area contributed by atoms with Crippen molar-refractivity contribution in [2.45, 2.75) is 65.6 Å². The van der Waals surface area contributed by atoms with Crippen LogP contribution in [0.5, 0.6) is 0 Å². The SMILES string of the molecule is Cc1ccc(CN2C(=O)C[C@H]3[C@@H]2CCN3CCC(C)C)cc1C. The van der Waals surface area contributed by atoms with E-state index in [0.717, 1.165) is 32.0 Å². The van der Waals surface area contributed by atoms with Crippen LogP contribution in [0.1, 0.15) is 49.8 Å². The molecule has 3 heteroatoms. The lowest BCUT2D eigenvalue weighted by atomic mass is 10.1. The fourth-order valence-electron chi connectivity index (χ4n) is 4.02. The van der Waals surface area contributed by atoms with Crippen LogP contribution in [0.3, 0.4) is 0 Å². The molecule has 3 rings (SSSR count). The highest BCUT2D eigenvalue weighted by atomic mass is 16.2. The number of amides is 1. The van der Waals surface area contributed by atoms with Gasteiger partial charge in [-0.15, -0.1) is 0 Å². The first-order valence-corrected chi connectivity index (χ1v) is 9.05. The molecule has 0 N–H and O–H groups in total. The number of carbonyl (C=O) groups is 1. The van der Waals surface area contributed by atoms with E-state index in [1.165, 1.54) is 23.1 Å². The Morgan fingerprint density at radius 1 is 1.17 bits per heavy atom. The molecule has 2 aliphatic rings. The molecular weight excluding hydrogens is 284 g/mol. The molecule has 1 amide bonds. The summed E-state index contributed by atoms with van der Waals surface area (Å²) < 4.78 is 0. The van der Waals surface area contributed by atoms with Gasteiger partial charge >= 0.3 is 0 Å². The lowest BCUT2D eigenvalue weighted by molar-refractivity contribution is -0.129. The van der Waals surface area contributed by atoms with Crippen molar-refractivity contribution in [1.29, 1.82) is 0 Å². The van der Waals surface area contributed by atoms with Crippen LogP contribution >= 0.6 is 0 Å². The summed E-state index contributed by atoms with van der Waals surface area (Å²) in [5, 5.41) is 0. The maximum atomic E-state index is 12.5. The van der Waals surface area contributed by atoms with Gasteiger partial charge in [-0.1, -0.05) is 32.0 Å². The minimum absolute atomic E-state index is 0.340. The highest BCUT2D eigenvalue weighted by Crippen LogP contribution is 2.34. The minimum atomic E-state index is 0.340. The molecule has 1 aromatic carbocycles. The van der Waals surface area contributed by atoms with Gasteiger partial charge in [0.1, 0.15) is 0 Å². The van der Waals surface area contributed by atoms with Crippen molar-refractivity contribution < 1.29 is 4.79 Å². The zero-order chi connectivity index (χ0) is 16.6. The smallest absolute Gasteiger partial charge is 0.224 e. The monoisotopic (exact) mass is 314 g/mol. The van der Waals surface area contributed by atoms with E-state index in [2.05, 4.69) is 55.7 Å². The van der Waals surface area contributed by atoms with Crippen molar-refractivity contribution in [1.82, 2.24) is 9.80 Å². The van der Waals surface area contributed by atoms with E-state index in [-0.39, 0.29) is 0 Å². The molecule has 2 heterocycles. The number of nitrogens with zero attached hydrogens (tertiary/aromatic N) is 2. The molecule has 0 radical (unpaired) electrons. The van der Waals surface area contributed by atoms with Crippen LogP contribution in [0.15, 0.2) is 18.2 Å². The van der Waals surface area contributed by atoms with Gasteiger partial charge in [0.25, 0.3) is 0 Å². The molecule has 0 aliphatic carbocycles. The van der Waals surface area contributed by atoms with Crippen molar-refractivity contribution >= 4 is 5.91 Å². The molecule has 126 valence electrons. The number of rotatable bonds is 5. The summed E-state index contributed by atoms with van der Waals surface area (Å²) in [4.78, 5) is 17.2. The van der Waals surface area contributed by atoms with Gasteiger partial charge < -0.3 is 4.90 Å². The highest BCUT2D eigenvalue weighted by Gasteiger charge is 2.46. The van der Waals surface area contributed by atoms with Crippen LogP contribution in [0.4, 0.5) is 0 Å². The van der Waals surface area contributed by atoms with Crippen LogP contribution in [-0.4, -0.2) is 40.9 Å². The summed E-state index contributed by atoms with van der Waals surface area (Å²) in [6.45, 7) is 11.9. The number of likely N-dealkylation sites (tertiary alicyclic amines) is 2. The second kappa shape index (κ2) is 6.64. The standard InChI is InChI=1S/C20H30N2O/c1-14(2)7-9-21-10-8-18-19(21)12-20(23)22(18)13-17-6-5-15(3)16(4)11-17/h5-6,11,14,18-19H,7-10,12-13H2,1-4H3/t18-,19-/m0/s1. The number of hydrogen-bond donors (Lipinski definition) is 0. The molecule has 0 unspecified atom stereocenters. The van der Waals surface area contributed by atoms with Crippen LogP contribution in [0, 0.1) is 19.8 Å². The third-order valence-electron chi connectivity index (χ3n) is 5.65. The number of carbonyl (C=O) groups excluding carboxylic acids is 1. The van der Waals surface area contributed by atoms with E-state index < -0.39 is 0 Å². The Kier molecular flexibility index (Phi) is 4.77. The van der Waals surface area contributed by atoms with E-state index in [0.29, 0.717) is 24.4 Å². The fraction of sp³-hybridized carbons (Fsp3) is 0.650. The Balaban J connectivity index is 1.67. The van der Waals surface area contributed by atoms with Gasteiger partial charge in [0.05, 0.1) is 0 Å². The lowest BCUT2D eigenvalue weighted by Crippen LogP contribution is -2.37. The van der Waals surface area contributed by atoms with Crippen molar-refractivity contribution in [3.8, 4) is 0 Å². The van der Waals surface area contributed by atoms with Gasteiger partial charge in [-0.25, -0.2) is 0 Å². The molecule has 1 aromatic rings. The third kappa shape index (κ3) is 3.45. The Hall–Kier alpha value is -1.35. The number of fused-ring (bicyclic) bond motifs is 1. The lowest BCUT2D eigenvalue weighted by Gasteiger charge is -2.26. The van der Waals surface area contributed by atoms with Crippen molar-refractivity contribution in [3.05, 3.63) is 34.9 Å². The first kappa shape index (κ1) is 16.5. The van der Waals surface area contributed by atoms with E-state index in [4.69, 9.17) is 0 Å². The van der Waals surface area contributed by atoms with Gasteiger partial charge in [0.15, 0.2) is 0 Å². The van der Waals surface area contributed by atoms with Crippen molar-refractivity contribution in [2.75, 3.05) is 13.1 Å². The van der Waals surface area contributed by atoms with E-state index in [1.54, 1.807) is 0 Å². The molecule has 0 bridgehead atoms. The van der Waals surface area contributed by atoms with Gasteiger partial charge in [-0.2, -0.15) is 0 Å². The Morgan fingerprint density at radius 3 is 2.65 bits per heavy atom. The first-order chi connectivity index (χ1) is 11.0. The predicted octanol–water partition coefficient (Wildman–Crippen LogP) is 3.52. The molecule has 2 aliphatic heterocycles. The third-order valence-corrected chi connectivity index (χ3v) is 5.65. The van der Waals surface area contributed by atoms with Crippen LogP contribution in [0.2, 0.25) is 0 Å². The molecule has 3 nitrogen and oxygen atoms in total. The molecule has 23 heavy (non-hydrogen) atoms. The molecule has 2 saturated heterocycles. The summed E-state index contributed by atoms with van der Waals surface area (Å²) >= 11 is 0. The van der Waals surface area contributed by atoms with Crippen LogP contribution in [0.25, 0.3) is 0 Å². The average molecular weight is 314 g/mol. The first-order valence-electron chi connectivity index (χ1n) is 9.05. The molecular formula is C20H30N2O. The Labute approximate surface area is 140 Å². The fourth-order valence-corrected chi connectivity index (χ4v) is 4.02. The Bertz CT molecular complexity index is 581. The van der Waals surface area contributed by atoms with Gasteiger partial charge in [-0.05, 0) is 55.8 Å². The maximum Gasteiger partial charge on any atom is 0.224 e. The normalized spacial score (nSPS) is 24.7. The van der Waals surface area contributed by atoms with Crippen LogP contribution < -0.4 is 0 Å². The number of aryl methyl sites for hydroxylation is 2. The number of benzene rings is 1. The van der Waals surface area contributed by atoms with E-state index in [1.807, 2.05) is 0 Å². The zero-order valence-corrected chi connectivity index (χ0v) is 15.0. The molecule has 2 atom stereocenters. The molecule has 0 saturated carbocycles. The Morgan fingerprint density at radius 2 is 1.96 bits per heavy atom. The van der Waals surface area contributed by atoms with Gasteiger partial charge in [0.2, 0.25) is 5.91 Å². The molecule has 2 fully saturated rings. The molecule has 0 spiro atoms. The van der Waals surface area contributed by atoms with Crippen molar-refractivity contribution in [3.63, 3.8) is 0 Å². The van der Waals surface area contributed by atoms with E-state index in [9.17, 15) is 4.79 Å². The predicted molar refractivity (Wildman–Crippen MR) is 94.3 cm³/mol. The summed E-state index contributed by atoms with van der Waals surface area (Å²) in [6.07, 6.45) is 3.08.